The van der Waals surface area contributed by atoms with E-state index in [1.807, 2.05) is 0 Å². The van der Waals surface area contributed by atoms with Gasteiger partial charge in [-0.1, -0.05) is 19.9 Å². The molecule has 0 saturated carbocycles. The second kappa shape index (κ2) is 8.69. The van der Waals surface area contributed by atoms with Gasteiger partial charge in [-0.15, -0.1) is 0 Å². The van der Waals surface area contributed by atoms with Gasteiger partial charge in [0.1, 0.15) is 5.69 Å². The van der Waals surface area contributed by atoms with Crippen LogP contribution in [0.15, 0.2) is 52.6 Å². The largest absolute Gasteiger partial charge is 0.295 e. The third-order valence-corrected chi connectivity index (χ3v) is 5.93. The van der Waals surface area contributed by atoms with Gasteiger partial charge < -0.3 is 0 Å². The third kappa shape index (κ3) is 4.66. The van der Waals surface area contributed by atoms with E-state index in [2.05, 4.69) is 15.5 Å². The molecule has 144 valence electrons. The zero-order chi connectivity index (χ0) is 20.0. The van der Waals surface area contributed by atoms with E-state index in [4.69, 9.17) is 0 Å². The lowest BCUT2D eigenvalue weighted by Crippen LogP contribution is -2.30. The highest BCUT2D eigenvalue weighted by Crippen LogP contribution is 2.29. The number of benzene rings is 1. The van der Waals surface area contributed by atoms with Crippen LogP contribution in [0.5, 0.6) is 0 Å². The summed E-state index contributed by atoms with van der Waals surface area (Å²) < 4.78 is 26.4. The second-order valence-corrected chi connectivity index (χ2v) is 7.49. The highest BCUT2D eigenvalue weighted by molar-refractivity contribution is 7.89. The molecule has 0 fully saturated rings. The van der Waals surface area contributed by atoms with Crippen LogP contribution in [0.2, 0.25) is 0 Å². The Morgan fingerprint density at radius 3 is 2.52 bits per heavy atom. The number of nitro benzene ring substituents is 1. The van der Waals surface area contributed by atoms with Crippen molar-refractivity contribution < 1.29 is 13.3 Å². The first-order chi connectivity index (χ1) is 12.8. The Labute approximate surface area is 157 Å². The molecular formula is C17H21N5O4S. The number of hydrogen-bond acceptors (Lipinski definition) is 7. The summed E-state index contributed by atoms with van der Waals surface area (Å²) in [5.74, 6) is 0. The molecule has 2 aromatic rings. The molecule has 0 unspecified atom stereocenters. The summed E-state index contributed by atoms with van der Waals surface area (Å²) in [6, 6.07) is 9.04. The van der Waals surface area contributed by atoms with E-state index in [0.29, 0.717) is 11.4 Å². The van der Waals surface area contributed by atoms with E-state index in [1.54, 1.807) is 45.2 Å². The minimum atomic E-state index is -3.79. The van der Waals surface area contributed by atoms with Gasteiger partial charge in [0.2, 0.25) is 10.0 Å². The van der Waals surface area contributed by atoms with Gasteiger partial charge in [-0.3, -0.25) is 20.5 Å². The Balaban J connectivity index is 2.38. The number of nitrogens with zero attached hydrogens (tertiary/aromatic N) is 4. The topological polar surface area (TPSA) is 118 Å². The summed E-state index contributed by atoms with van der Waals surface area (Å²) in [4.78, 5) is 14.8. The molecule has 2 rings (SSSR count). The van der Waals surface area contributed by atoms with Gasteiger partial charge in [0.05, 0.1) is 21.2 Å². The smallest absolute Gasteiger partial charge is 0.271 e. The van der Waals surface area contributed by atoms with Crippen LogP contribution < -0.4 is 5.43 Å². The molecule has 0 spiro atoms. The molecule has 10 heteroatoms. The number of pyridine rings is 1. The highest BCUT2D eigenvalue weighted by atomic mass is 32.2. The lowest BCUT2D eigenvalue weighted by molar-refractivity contribution is -0.384. The zero-order valence-corrected chi connectivity index (χ0v) is 16.1. The van der Waals surface area contributed by atoms with E-state index < -0.39 is 14.9 Å². The van der Waals surface area contributed by atoms with Crippen molar-refractivity contribution in [1.29, 1.82) is 0 Å². The van der Waals surface area contributed by atoms with Crippen LogP contribution in [0.25, 0.3) is 0 Å². The van der Waals surface area contributed by atoms with Crippen LogP contribution in [0, 0.1) is 10.1 Å². The SMILES string of the molecule is CCN(CC)S(=O)(=O)c1ccc(NN=C(C)c2ccccn2)c([N+](=O)[O-])c1. The first-order valence-corrected chi connectivity index (χ1v) is 9.75. The van der Waals surface area contributed by atoms with Crippen LogP contribution in [-0.2, 0) is 10.0 Å². The third-order valence-electron chi connectivity index (χ3n) is 3.89. The molecular weight excluding hydrogens is 370 g/mol. The Morgan fingerprint density at radius 2 is 1.96 bits per heavy atom. The molecule has 0 atom stereocenters. The highest BCUT2D eigenvalue weighted by Gasteiger charge is 2.25. The second-order valence-electron chi connectivity index (χ2n) is 5.55. The number of rotatable bonds is 8. The molecule has 1 N–H and O–H groups in total. The van der Waals surface area contributed by atoms with Crippen molar-refractivity contribution in [3.8, 4) is 0 Å². The Kier molecular flexibility index (Phi) is 6.59. The van der Waals surface area contributed by atoms with Gasteiger partial charge in [0.15, 0.2) is 0 Å². The standard InChI is InChI=1S/C17H21N5O4S/c1-4-21(5-2)27(25,26)14-9-10-16(17(12-14)22(23)24)20-19-13(3)15-8-6-7-11-18-15/h6-12,20H,4-5H2,1-3H3. The maximum atomic E-state index is 12.6. The first kappa shape index (κ1) is 20.5. The van der Waals surface area contributed by atoms with Crippen LogP contribution in [0.1, 0.15) is 26.5 Å². The lowest BCUT2D eigenvalue weighted by atomic mass is 10.2. The number of anilines is 1. The van der Waals surface area contributed by atoms with Gasteiger partial charge >= 0.3 is 0 Å². The van der Waals surface area contributed by atoms with E-state index in [9.17, 15) is 18.5 Å². The van der Waals surface area contributed by atoms with Crippen molar-refractivity contribution in [2.45, 2.75) is 25.7 Å². The summed E-state index contributed by atoms with van der Waals surface area (Å²) in [7, 11) is -3.79. The van der Waals surface area contributed by atoms with Crippen molar-refractivity contribution in [3.05, 3.63) is 58.4 Å². The number of nitro groups is 1. The molecule has 0 bridgehead atoms. The summed E-state index contributed by atoms with van der Waals surface area (Å²) in [5, 5.41) is 15.5. The number of hydrazone groups is 1. The predicted octanol–water partition coefficient (Wildman–Crippen LogP) is 2.86. The molecule has 1 aromatic heterocycles. The quantitative estimate of drug-likeness (QED) is 0.420. The fraction of sp³-hybridized carbons (Fsp3) is 0.294. The van der Waals surface area contributed by atoms with Gasteiger partial charge in [-0.2, -0.15) is 9.41 Å². The Hall–Kier alpha value is -2.85. The van der Waals surface area contributed by atoms with Gasteiger partial charge in [0.25, 0.3) is 5.69 Å². The van der Waals surface area contributed by atoms with Crippen LogP contribution >= 0.6 is 0 Å². The molecule has 0 amide bonds. The Morgan fingerprint density at radius 1 is 1.26 bits per heavy atom. The van der Waals surface area contributed by atoms with Gasteiger partial charge in [-0.05, 0) is 31.2 Å². The maximum absolute atomic E-state index is 12.6. The maximum Gasteiger partial charge on any atom is 0.295 e. The molecule has 27 heavy (non-hydrogen) atoms. The average molecular weight is 391 g/mol. The molecule has 1 heterocycles. The number of nitrogens with one attached hydrogen (secondary N) is 1. The predicted molar refractivity (Wildman–Crippen MR) is 103 cm³/mol. The lowest BCUT2D eigenvalue weighted by Gasteiger charge is -2.18. The zero-order valence-electron chi connectivity index (χ0n) is 15.3. The fourth-order valence-electron chi connectivity index (χ4n) is 2.41. The number of aromatic nitrogens is 1. The van der Waals surface area contributed by atoms with Crippen LogP contribution in [-0.4, -0.2) is 41.4 Å². The number of hydrogen-bond donors (Lipinski definition) is 1. The van der Waals surface area contributed by atoms with Crippen molar-refractivity contribution in [1.82, 2.24) is 9.29 Å². The van der Waals surface area contributed by atoms with E-state index in [-0.39, 0.29) is 29.4 Å². The molecule has 0 aliphatic carbocycles. The van der Waals surface area contributed by atoms with Crippen LogP contribution in [0.3, 0.4) is 0 Å². The molecule has 1 aromatic carbocycles. The number of sulfonamides is 1. The minimum absolute atomic E-state index is 0.0915. The van der Waals surface area contributed by atoms with Crippen LogP contribution in [0.4, 0.5) is 11.4 Å². The van der Waals surface area contributed by atoms with Crippen molar-refractivity contribution in [2.24, 2.45) is 5.10 Å². The van der Waals surface area contributed by atoms with Crippen molar-refractivity contribution >= 4 is 27.1 Å². The minimum Gasteiger partial charge on any atom is -0.271 e. The molecule has 0 aliphatic rings. The summed E-state index contributed by atoms with van der Waals surface area (Å²) in [5.41, 5.74) is 3.49. The summed E-state index contributed by atoms with van der Waals surface area (Å²) >= 11 is 0. The average Bonchev–Trinajstić information content (AvgIpc) is 2.67. The van der Waals surface area contributed by atoms with Gasteiger partial charge in [-0.25, -0.2) is 8.42 Å². The summed E-state index contributed by atoms with van der Waals surface area (Å²) in [6.45, 7) is 5.68. The molecule has 0 saturated heterocycles. The molecule has 0 radical (unpaired) electrons. The van der Waals surface area contributed by atoms with E-state index in [1.165, 1.54) is 16.4 Å². The summed E-state index contributed by atoms with van der Waals surface area (Å²) in [6.07, 6.45) is 1.61. The van der Waals surface area contributed by atoms with Crippen molar-refractivity contribution in [2.75, 3.05) is 18.5 Å². The first-order valence-electron chi connectivity index (χ1n) is 8.31. The molecule has 0 aliphatic heterocycles. The normalized spacial score (nSPS) is 12.2. The van der Waals surface area contributed by atoms with Gasteiger partial charge in [0, 0.05) is 25.4 Å². The van der Waals surface area contributed by atoms with E-state index >= 15 is 0 Å². The monoisotopic (exact) mass is 391 g/mol. The fourth-order valence-corrected chi connectivity index (χ4v) is 3.89. The molecule has 9 nitrogen and oxygen atoms in total. The van der Waals surface area contributed by atoms with Crippen molar-refractivity contribution in [3.63, 3.8) is 0 Å². The van der Waals surface area contributed by atoms with E-state index in [0.717, 1.165) is 6.07 Å². The Bertz CT molecular complexity index is 941.